The Morgan fingerprint density at radius 3 is 2.28 bits per heavy atom. The van der Waals surface area contributed by atoms with E-state index in [9.17, 15) is 26.4 Å². The topological polar surface area (TPSA) is 97.6 Å². The van der Waals surface area contributed by atoms with E-state index in [0.29, 0.717) is 5.76 Å². The highest BCUT2D eigenvalue weighted by Crippen LogP contribution is 2.24. The summed E-state index contributed by atoms with van der Waals surface area (Å²) in [4.78, 5) is 12.2. The number of carbonyl (C=O) groups excluding carboxylic acids is 1. The molecule has 0 fully saturated rings. The summed E-state index contributed by atoms with van der Waals surface area (Å²) in [6, 6.07) is 15.7. The molecule has 3 rings (SSSR count). The third kappa shape index (κ3) is 6.59. The molecule has 1 atom stereocenters. The monoisotopic (exact) mass is 468 g/mol. The van der Waals surface area contributed by atoms with Crippen molar-refractivity contribution in [1.29, 1.82) is 0 Å². The van der Waals surface area contributed by atoms with Gasteiger partial charge in [-0.05, 0) is 42.0 Å². The van der Waals surface area contributed by atoms with Gasteiger partial charge in [-0.15, -0.1) is 13.2 Å². The number of ether oxygens (including phenoxy) is 1. The summed E-state index contributed by atoms with van der Waals surface area (Å²) < 4.78 is 72.6. The second kappa shape index (κ2) is 9.88. The van der Waals surface area contributed by atoms with Crippen molar-refractivity contribution in [2.45, 2.75) is 23.7 Å². The van der Waals surface area contributed by atoms with Gasteiger partial charge in [0.05, 0.1) is 11.2 Å². The average Bonchev–Trinajstić information content (AvgIpc) is 3.26. The van der Waals surface area contributed by atoms with Gasteiger partial charge in [0.15, 0.2) is 0 Å². The van der Waals surface area contributed by atoms with Gasteiger partial charge < -0.3 is 14.5 Å². The van der Waals surface area contributed by atoms with E-state index >= 15 is 0 Å². The smallest absolute Gasteiger partial charge is 0.467 e. The molecule has 1 unspecified atom stereocenters. The summed E-state index contributed by atoms with van der Waals surface area (Å²) in [6.07, 6.45) is -3.56. The molecule has 0 radical (unpaired) electrons. The van der Waals surface area contributed by atoms with Crippen LogP contribution >= 0.6 is 0 Å². The Morgan fingerprint density at radius 2 is 1.69 bits per heavy atom. The summed E-state index contributed by atoms with van der Waals surface area (Å²) in [5.41, 5.74) is 0.789. The molecule has 1 heterocycles. The van der Waals surface area contributed by atoms with Gasteiger partial charge in [0.2, 0.25) is 15.9 Å². The maximum Gasteiger partial charge on any atom is 0.573 e. The molecule has 3 aromatic rings. The Bertz CT molecular complexity index is 1120. The fourth-order valence-electron chi connectivity index (χ4n) is 2.86. The van der Waals surface area contributed by atoms with Gasteiger partial charge in [0.1, 0.15) is 17.6 Å². The van der Waals surface area contributed by atoms with Crippen LogP contribution in [0.5, 0.6) is 5.75 Å². The van der Waals surface area contributed by atoms with Crippen LogP contribution in [0, 0.1) is 0 Å². The van der Waals surface area contributed by atoms with Crippen LogP contribution in [0.25, 0.3) is 0 Å². The number of furan rings is 1. The number of amides is 1. The quantitative estimate of drug-likeness (QED) is 0.499. The van der Waals surface area contributed by atoms with E-state index in [-0.39, 0.29) is 17.9 Å². The van der Waals surface area contributed by atoms with Crippen molar-refractivity contribution in [3.05, 3.63) is 84.3 Å². The Hall–Kier alpha value is -3.31. The predicted octanol–water partition coefficient (Wildman–Crippen LogP) is 3.75. The van der Waals surface area contributed by atoms with Crippen LogP contribution in [0.4, 0.5) is 13.2 Å². The molecule has 1 amide bonds. The van der Waals surface area contributed by atoms with Gasteiger partial charge in [-0.3, -0.25) is 4.79 Å². The van der Waals surface area contributed by atoms with E-state index in [2.05, 4.69) is 14.8 Å². The van der Waals surface area contributed by atoms with Crippen LogP contribution in [0.3, 0.4) is 0 Å². The minimum atomic E-state index is -4.88. The number of rotatable bonds is 9. The molecule has 0 aliphatic carbocycles. The van der Waals surface area contributed by atoms with E-state index in [1.807, 2.05) is 30.3 Å². The van der Waals surface area contributed by atoms with Crippen LogP contribution in [0.1, 0.15) is 23.8 Å². The molecule has 0 bridgehead atoms. The number of hydrogen-bond acceptors (Lipinski definition) is 5. The standard InChI is InChI=1S/C21H19F3N2O5S/c22-21(23,24)31-16-8-10-17(11-9-16)32(28,29)25-13-12-19(27)26-20(18-7-4-14-30-18)15-5-2-1-3-6-15/h1-11,14,20,25H,12-13H2,(H,26,27). The molecular weight excluding hydrogens is 449 g/mol. The largest absolute Gasteiger partial charge is 0.573 e. The molecule has 11 heteroatoms. The van der Waals surface area contributed by atoms with Crippen LogP contribution in [-0.2, 0) is 14.8 Å². The van der Waals surface area contributed by atoms with E-state index in [1.54, 1.807) is 12.1 Å². The molecule has 2 N–H and O–H groups in total. The lowest BCUT2D eigenvalue weighted by Crippen LogP contribution is -2.33. The Balaban J connectivity index is 1.57. The van der Waals surface area contributed by atoms with Crippen molar-refractivity contribution in [1.82, 2.24) is 10.0 Å². The zero-order valence-corrected chi connectivity index (χ0v) is 17.3. The summed E-state index contributed by atoms with van der Waals surface area (Å²) in [5, 5.41) is 2.80. The Kier molecular flexibility index (Phi) is 7.21. The Labute approximate surface area is 182 Å². The Morgan fingerprint density at radius 1 is 1.00 bits per heavy atom. The maximum atomic E-state index is 12.4. The first-order valence-corrected chi connectivity index (χ1v) is 10.9. The molecule has 170 valence electrons. The lowest BCUT2D eigenvalue weighted by atomic mass is 10.0. The van der Waals surface area contributed by atoms with Gasteiger partial charge in [-0.25, -0.2) is 13.1 Å². The second-order valence-corrected chi connectivity index (χ2v) is 8.36. The number of benzene rings is 2. The highest BCUT2D eigenvalue weighted by Gasteiger charge is 2.31. The normalized spacial score (nSPS) is 12.8. The number of halogens is 3. The second-order valence-electron chi connectivity index (χ2n) is 6.59. The third-order valence-corrected chi connectivity index (χ3v) is 5.75. The molecule has 0 aliphatic heterocycles. The summed E-state index contributed by atoms with van der Waals surface area (Å²) >= 11 is 0. The first-order chi connectivity index (χ1) is 15.1. The number of sulfonamides is 1. The molecule has 1 aromatic heterocycles. The number of hydrogen-bond donors (Lipinski definition) is 2. The van der Waals surface area contributed by atoms with Gasteiger partial charge >= 0.3 is 6.36 Å². The molecule has 0 saturated carbocycles. The van der Waals surface area contributed by atoms with Crippen molar-refractivity contribution < 1.29 is 35.5 Å². The molecule has 32 heavy (non-hydrogen) atoms. The number of carbonyl (C=O) groups is 1. The first-order valence-electron chi connectivity index (χ1n) is 9.37. The van der Waals surface area contributed by atoms with E-state index < -0.39 is 34.1 Å². The van der Waals surface area contributed by atoms with Crippen LogP contribution in [0.15, 0.2) is 82.3 Å². The fourth-order valence-corrected chi connectivity index (χ4v) is 3.89. The van der Waals surface area contributed by atoms with E-state index in [1.165, 1.54) is 6.26 Å². The minimum Gasteiger partial charge on any atom is -0.467 e. The molecule has 2 aromatic carbocycles. The van der Waals surface area contributed by atoms with Crippen LogP contribution < -0.4 is 14.8 Å². The van der Waals surface area contributed by atoms with Gasteiger partial charge in [0, 0.05) is 13.0 Å². The highest BCUT2D eigenvalue weighted by molar-refractivity contribution is 7.89. The highest BCUT2D eigenvalue weighted by atomic mass is 32.2. The van der Waals surface area contributed by atoms with Crippen LogP contribution in [-0.4, -0.2) is 27.2 Å². The average molecular weight is 468 g/mol. The van der Waals surface area contributed by atoms with Gasteiger partial charge in [-0.1, -0.05) is 30.3 Å². The molecule has 0 saturated heterocycles. The zero-order valence-electron chi connectivity index (χ0n) is 16.5. The maximum absolute atomic E-state index is 12.4. The molecule has 0 aliphatic rings. The minimum absolute atomic E-state index is 0.168. The van der Waals surface area contributed by atoms with Crippen molar-refractivity contribution in [3.8, 4) is 5.75 Å². The lowest BCUT2D eigenvalue weighted by Gasteiger charge is -2.17. The van der Waals surface area contributed by atoms with Crippen molar-refractivity contribution in [2.24, 2.45) is 0 Å². The van der Waals surface area contributed by atoms with Crippen molar-refractivity contribution in [3.63, 3.8) is 0 Å². The van der Waals surface area contributed by atoms with Crippen LogP contribution in [0.2, 0.25) is 0 Å². The van der Waals surface area contributed by atoms with E-state index in [0.717, 1.165) is 29.8 Å². The number of nitrogens with one attached hydrogen (secondary N) is 2. The summed E-state index contributed by atoms with van der Waals surface area (Å²) in [5.74, 6) is -0.445. The third-order valence-electron chi connectivity index (χ3n) is 4.28. The molecule has 0 spiro atoms. The zero-order chi connectivity index (χ0) is 23.2. The predicted molar refractivity (Wildman–Crippen MR) is 108 cm³/mol. The van der Waals surface area contributed by atoms with E-state index in [4.69, 9.17) is 4.42 Å². The lowest BCUT2D eigenvalue weighted by molar-refractivity contribution is -0.274. The SMILES string of the molecule is O=C(CCNS(=O)(=O)c1ccc(OC(F)(F)F)cc1)NC(c1ccccc1)c1ccco1. The van der Waals surface area contributed by atoms with Crippen molar-refractivity contribution in [2.75, 3.05) is 6.54 Å². The number of alkyl halides is 3. The molecular formula is C21H19F3N2O5S. The van der Waals surface area contributed by atoms with Gasteiger partial charge in [0.25, 0.3) is 0 Å². The fraction of sp³-hybridized carbons (Fsp3) is 0.190. The van der Waals surface area contributed by atoms with Gasteiger partial charge in [-0.2, -0.15) is 0 Å². The van der Waals surface area contributed by atoms with Crippen molar-refractivity contribution >= 4 is 15.9 Å². The summed E-state index contributed by atoms with van der Waals surface area (Å²) in [7, 11) is -4.03. The first kappa shape index (κ1) is 23.4. The summed E-state index contributed by atoms with van der Waals surface area (Å²) in [6.45, 7) is -0.214. The molecule has 7 nitrogen and oxygen atoms in total.